The molecule has 5 nitrogen and oxygen atoms in total. The number of rotatable bonds is 5. The zero-order valence-electron chi connectivity index (χ0n) is 15.2. The van der Waals surface area contributed by atoms with Crippen LogP contribution in [0, 0.1) is 0 Å². The summed E-state index contributed by atoms with van der Waals surface area (Å²) in [6.07, 6.45) is 0.123. The third kappa shape index (κ3) is 4.41. The van der Waals surface area contributed by atoms with Crippen LogP contribution in [0.15, 0.2) is 21.1 Å². The molecule has 0 spiro atoms. The zero-order valence-corrected chi connectivity index (χ0v) is 18.4. The van der Waals surface area contributed by atoms with Crippen molar-refractivity contribution in [3.8, 4) is 0 Å². The summed E-state index contributed by atoms with van der Waals surface area (Å²) in [7, 11) is -0.599. The number of nitrogens with two attached hydrogens (primary N) is 1. The summed E-state index contributed by atoms with van der Waals surface area (Å²) >= 11 is 6.95. The first-order chi connectivity index (χ1) is 11.5. The van der Waals surface area contributed by atoms with Gasteiger partial charge in [-0.05, 0) is 68.2 Å². The summed E-state index contributed by atoms with van der Waals surface area (Å²) < 4.78 is 19.1. The SMILES string of the molecule is CCOC(=O)CC(B1OC(C)(C)C(C)(C)O1)c1cc(Br)cc(Br)c1N. The van der Waals surface area contributed by atoms with E-state index in [2.05, 4.69) is 31.9 Å². The quantitative estimate of drug-likeness (QED) is 0.386. The summed E-state index contributed by atoms with van der Waals surface area (Å²) in [5.41, 5.74) is 6.63. The van der Waals surface area contributed by atoms with E-state index >= 15 is 0 Å². The predicted octanol–water partition coefficient (Wildman–Crippen LogP) is 4.46. The Morgan fingerprint density at radius 2 is 1.80 bits per heavy atom. The number of ether oxygens (including phenoxy) is 1. The third-order valence-electron chi connectivity index (χ3n) is 4.82. The normalized spacial score (nSPS) is 19.7. The second-order valence-electron chi connectivity index (χ2n) is 7.13. The van der Waals surface area contributed by atoms with Crippen molar-refractivity contribution in [1.29, 1.82) is 0 Å². The maximum absolute atomic E-state index is 12.2. The lowest BCUT2D eigenvalue weighted by atomic mass is 9.65. The Morgan fingerprint density at radius 3 is 2.32 bits per heavy atom. The molecule has 1 aliphatic rings. The Balaban J connectivity index is 2.43. The summed E-state index contributed by atoms with van der Waals surface area (Å²) in [5.74, 6) is -0.688. The number of benzene rings is 1. The molecule has 1 aromatic rings. The highest BCUT2D eigenvalue weighted by atomic mass is 79.9. The molecule has 1 saturated heterocycles. The second kappa shape index (κ2) is 7.58. The molecule has 8 heteroatoms. The Labute approximate surface area is 166 Å². The zero-order chi connectivity index (χ0) is 19.0. The average molecular weight is 477 g/mol. The highest BCUT2D eigenvalue weighted by Gasteiger charge is 2.54. The van der Waals surface area contributed by atoms with Gasteiger partial charge in [0.2, 0.25) is 0 Å². The number of nitrogen functional groups attached to an aromatic ring is 1. The number of carbonyl (C=O) groups excluding carboxylic acids is 1. The Morgan fingerprint density at radius 1 is 1.24 bits per heavy atom. The highest BCUT2D eigenvalue weighted by Crippen LogP contribution is 2.44. The fraction of sp³-hybridized carbons (Fsp3) is 0.588. The number of halogens is 2. The number of anilines is 1. The van der Waals surface area contributed by atoms with Gasteiger partial charge in [-0.2, -0.15) is 0 Å². The number of carbonyl (C=O) groups is 1. The van der Waals surface area contributed by atoms with Gasteiger partial charge in [0.05, 0.1) is 24.2 Å². The van der Waals surface area contributed by atoms with Crippen LogP contribution < -0.4 is 5.73 Å². The first-order valence-corrected chi connectivity index (χ1v) is 9.82. The Kier molecular flexibility index (Phi) is 6.29. The van der Waals surface area contributed by atoms with E-state index in [4.69, 9.17) is 19.8 Å². The van der Waals surface area contributed by atoms with E-state index in [1.54, 1.807) is 6.92 Å². The maximum atomic E-state index is 12.2. The van der Waals surface area contributed by atoms with Crippen molar-refractivity contribution in [3.05, 3.63) is 26.6 Å². The molecule has 0 bridgehead atoms. The monoisotopic (exact) mass is 475 g/mol. The van der Waals surface area contributed by atoms with Crippen LogP contribution >= 0.6 is 31.9 Å². The molecule has 1 aromatic carbocycles. The number of esters is 1. The van der Waals surface area contributed by atoms with E-state index in [1.807, 2.05) is 39.8 Å². The van der Waals surface area contributed by atoms with Crippen molar-refractivity contribution in [1.82, 2.24) is 0 Å². The predicted molar refractivity (Wildman–Crippen MR) is 106 cm³/mol. The lowest BCUT2D eigenvalue weighted by Gasteiger charge is -2.32. The molecule has 1 atom stereocenters. The molecule has 0 aromatic heterocycles. The van der Waals surface area contributed by atoms with Gasteiger partial charge < -0.3 is 19.8 Å². The molecule has 0 aliphatic carbocycles. The molecule has 138 valence electrons. The van der Waals surface area contributed by atoms with Crippen LogP contribution in [0.3, 0.4) is 0 Å². The smallest absolute Gasteiger partial charge is 0.466 e. The molecule has 2 rings (SSSR count). The lowest BCUT2D eigenvalue weighted by molar-refractivity contribution is -0.143. The molecule has 0 saturated carbocycles. The standard InChI is InChI=1S/C17H24BBr2NO4/c1-6-23-14(22)9-12(11-7-10(19)8-13(20)15(11)21)18-24-16(2,3)17(4,5)25-18/h7-8,12H,6,9,21H2,1-5H3. The van der Waals surface area contributed by atoms with Gasteiger partial charge in [-0.25, -0.2) is 0 Å². The highest BCUT2D eigenvalue weighted by molar-refractivity contribution is 9.11. The van der Waals surface area contributed by atoms with Gasteiger partial charge in [0, 0.05) is 20.5 Å². The maximum Gasteiger partial charge on any atom is 0.466 e. The first-order valence-electron chi connectivity index (χ1n) is 8.24. The van der Waals surface area contributed by atoms with Crippen LogP contribution in [0.2, 0.25) is 0 Å². The summed E-state index contributed by atoms with van der Waals surface area (Å²) in [4.78, 5) is 12.2. The van der Waals surface area contributed by atoms with E-state index in [0.29, 0.717) is 12.3 Å². The minimum absolute atomic E-state index is 0.123. The second-order valence-corrected chi connectivity index (χ2v) is 8.90. The fourth-order valence-corrected chi connectivity index (χ4v) is 3.97. The van der Waals surface area contributed by atoms with Gasteiger partial charge in [0.1, 0.15) is 0 Å². The van der Waals surface area contributed by atoms with Crippen molar-refractivity contribution >= 4 is 50.6 Å². The molecule has 1 heterocycles. The molecule has 25 heavy (non-hydrogen) atoms. The van der Waals surface area contributed by atoms with E-state index in [-0.39, 0.29) is 18.2 Å². The molecule has 1 aliphatic heterocycles. The van der Waals surface area contributed by atoms with Gasteiger partial charge in [0.15, 0.2) is 0 Å². The third-order valence-corrected chi connectivity index (χ3v) is 5.93. The van der Waals surface area contributed by atoms with Gasteiger partial charge in [-0.1, -0.05) is 15.9 Å². The largest absolute Gasteiger partial charge is 0.466 e. The van der Waals surface area contributed by atoms with Crippen molar-refractivity contribution in [2.24, 2.45) is 0 Å². The molecular weight excluding hydrogens is 453 g/mol. The van der Waals surface area contributed by atoms with Crippen molar-refractivity contribution in [2.45, 2.75) is 58.1 Å². The van der Waals surface area contributed by atoms with E-state index in [9.17, 15) is 4.79 Å². The van der Waals surface area contributed by atoms with Gasteiger partial charge in [-0.15, -0.1) is 0 Å². The fourth-order valence-electron chi connectivity index (χ4n) is 2.72. The molecule has 2 N–H and O–H groups in total. The van der Waals surface area contributed by atoms with Gasteiger partial charge in [-0.3, -0.25) is 4.79 Å². The Bertz CT molecular complexity index is 650. The minimum atomic E-state index is -0.599. The van der Waals surface area contributed by atoms with Crippen molar-refractivity contribution in [2.75, 3.05) is 12.3 Å². The molecular formula is C17H24BBr2NO4. The first kappa shape index (κ1) is 20.7. The topological polar surface area (TPSA) is 70.8 Å². The summed E-state index contributed by atoms with van der Waals surface area (Å²) in [6, 6.07) is 3.76. The lowest BCUT2D eigenvalue weighted by Crippen LogP contribution is -2.41. The Hall–Kier alpha value is -0.565. The number of hydrogen-bond donors (Lipinski definition) is 1. The molecule has 1 unspecified atom stereocenters. The van der Waals surface area contributed by atoms with Crippen molar-refractivity contribution < 1.29 is 18.8 Å². The van der Waals surface area contributed by atoms with Crippen LogP contribution in [0.5, 0.6) is 0 Å². The summed E-state index contributed by atoms with van der Waals surface area (Å²) in [6.45, 7) is 10.0. The minimum Gasteiger partial charge on any atom is -0.466 e. The summed E-state index contributed by atoms with van der Waals surface area (Å²) in [5, 5.41) is 0. The van der Waals surface area contributed by atoms with Crippen LogP contribution in [-0.4, -0.2) is 30.9 Å². The van der Waals surface area contributed by atoms with E-state index < -0.39 is 18.3 Å². The van der Waals surface area contributed by atoms with Crippen LogP contribution in [0.1, 0.15) is 52.4 Å². The molecule has 1 fully saturated rings. The average Bonchev–Trinajstić information content (AvgIpc) is 2.69. The van der Waals surface area contributed by atoms with E-state index in [1.165, 1.54) is 0 Å². The van der Waals surface area contributed by atoms with Gasteiger partial charge >= 0.3 is 13.1 Å². The van der Waals surface area contributed by atoms with Crippen LogP contribution in [0.4, 0.5) is 5.69 Å². The number of hydrogen-bond acceptors (Lipinski definition) is 5. The van der Waals surface area contributed by atoms with Crippen molar-refractivity contribution in [3.63, 3.8) is 0 Å². The van der Waals surface area contributed by atoms with Crippen LogP contribution in [-0.2, 0) is 18.8 Å². The van der Waals surface area contributed by atoms with E-state index in [0.717, 1.165) is 14.5 Å². The van der Waals surface area contributed by atoms with Gasteiger partial charge in [0.25, 0.3) is 0 Å². The van der Waals surface area contributed by atoms with Crippen LogP contribution in [0.25, 0.3) is 0 Å². The molecule has 0 amide bonds. The molecule has 0 radical (unpaired) electrons.